The first-order valence-electron chi connectivity index (χ1n) is 12.1. The number of rotatable bonds is 14. The summed E-state index contributed by atoms with van der Waals surface area (Å²) in [7, 11) is 3.03. The van der Waals surface area contributed by atoms with Crippen molar-refractivity contribution in [3.8, 4) is 22.6 Å². The molecule has 0 radical (unpaired) electrons. The van der Waals surface area contributed by atoms with Crippen LogP contribution in [-0.4, -0.2) is 64.6 Å². The summed E-state index contributed by atoms with van der Waals surface area (Å²) in [5, 5.41) is 9.65. The molecule has 37 heavy (non-hydrogen) atoms. The Bertz CT molecular complexity index is 1050. The van der Waals surface area contributed by atoms with Crippen LogP contribution >= 0.6 is 11.6 Å². The second-order valence-electron chi connectivity index (χ2n) is 9.03. The van der Waals surface area contributed by atoms with E-state index >= 15 is 4.39 Å². The summed E-state index contributed by atoms with van der Waals surface area (Å²) in [6.07, 6.45) is 0.840. The predicted octanol–water partition coefficient (Wildman–Crippen LogP) is 4.88. The Hall–Kier alpha value is -1.98. The number of aliphatic hydroxyl groups excluding tert-OH is 1. The van der Waals surface area contributed by atoms with E-state index in [-0.39, 0.29) is 36.9 Å². The topological polar surface area (TPSA) is 84.8 Å². The minimum Gasteiger partial charge on any atom is -0.467 e. The van der Waals surface area contributed by atoms with E-state index in [2.05, 4.69) is 0 Å². The number of methoxy groups -OCH3 is 2. The Morgan fingerprint density at radius 2 is 1.78 bits per heavy atom. The van der Waals surface area contributed by atoms with Gasteiger partial charge in [0, 0.05) is 31.4 Å². The van der Waals surface area contributed by atoms with Gasteiger partial charge in [0.15, 0.2) is 19.4 Å². The monoisotopic (exact) mass is 542 g/mol. The molecule has 0 amide bonds. The van der Waals surface area contributed by atoms with Crippen LogP contribution < -0.4 is 9.47 Å². The summed E-state index contributed by atoms with van der Waals surface area (Å²) in [4.78, 5) is 0. The number of hydrogen-bond acceptors (Lipinski definition) is 8. The Morgan fingerprint density at radius 1 is 1.08 bits per heavy atom. The second kappa shape index (κ2) is 13.7. The lowest BCUT2D eigenvalue weighted by Crippen LogP contribution is -2.24. The molecule has 0 spiro atoms. The van der Waals surface area contributed by atoms with Gasteiger partial charge < -0.3 is 38.3 Å². The molecular formula is C27H36ClFO8. The van der Waals surface area contributed by atoms with E-state index in [9.17, 15) is 5.11 Å². The number of hydrogen-bond donors (Lipinski definition) is 1. The summed E-state index contributed by atoms with van der Waals surface area (Å²) >= 11 is 6.21. The molecule has 1 saturated heterocycles. The maximum atomic E-state index is 15.5. The van der Waals surface area contributed by atoms with Gasteiger partial charge in [-0.3, -0.25) is 0 Å². The van der Waals surface area contributed by atoms with Gasteiger partial charge in [-0.2, -0.15) is 0 Å². The van der Waals surface area contributed by atoms with Gasteiger partial charge in [-0.25, -0.2) is 4.39 Å². The molecule has 0 aromatic heterocycles. The summed E-state index contributed by atoms with van der Waals surface area (Å²) in [5.41, 5.74) is 2.81. The van der Waals surface area contributed by atoms with Gasteiger partial charge in [0.1, 0.15) is 23.4 Å². The molecule has 206 valence electrons. The molecule has 1 aliphatic heterocycles. The molecule has 0 saturated carbocycles. The molecule has 0 bridgehead atoms. The highest BCUT2D eigenvalue weighted by atomic mass is 35.5. The van der Waals surface area contributed by atoms with Crippen LogP contribution in [0.1, 0.15) is 37.5 Å². The molecule has 1 N–H and O–H groups in total. The third-order valence-electron chi connectivity index (χ3n) is 5.90. The van der Waals surface area contributed by atoms with Crippen LogP contribution in [0.25, 0.3) is 11.1 Å². The van der Waals surface area contributed by atoms with E-state index in [1.807, 2.05) is 20.8 Å². The van der Waals surface area contributed by atoms with Crippen LogP contribution in [-0.2, 0) is 43.1 Å². The molecule has 1 aliphatic rings. The maximum Gasteiger partial charge on any atom is 0.188 e. The van der Waals surface area contributed by atoms with Gasteiger partial charge in [0.2, 0.25) is 0 Å². The van der Waals surface area contributed by atoms with Crippen molar-refractivity contribution < 1.29 is 42.7 Å². The molecule has 1 fully saturated rings. The molecule has 10 heteroatoms. The Balaban J connectivity index is 2.05. The number of ether oxygens (including phenoxy) is 7. The lowest BCUT2D eigenvalue weighted by molar-refractivity contribution is -0.144. The van der Waals surface area contributed by atoms with Gasteiger partial charge in [-0.05, 0) is 55.5 Å². The first-order chi connectivity index (χ1) is 17.7. The van der Waals surface area contributed by atoms with Crippen LogP contribution in [0.15, 0.2) is 18.2 Å². The molecule has 1 heterocycles. The summed E-state index contributed by atoms with van der Waals surface area (Å²) in [5.74, 6) is -0.353. The first-order valence-corrected chi connectivity index (χ1v) is 12.5. The van der Waals surface area contributed by atoms with Crippen LogP contribution in [0.5, 0.6) is 11.5 Å². The zero-order valence-electron chi connectivity index (χ0n) is 22.0. The highest BCUT2D eigenvalue weighted by molar-refractivity contribution is 6.31. The molecule has 2 aromatic rings. The summed E-state index contributed by atoms with van der Waals surface area (Å²) in [6.45, 7) is 6.50. The third kappa shape index (κ3) is 7.54. The average Bonchev–Trinajstić information content (AvgIpc) is 3.23. The molecule has 1 atom stereocenters. The fourth-order valence-electron chi connectivity index (χ4n) is 4.33. The first kappa shape index (κ1) is 29.6. The zero-order chi connectivity index (χ0) is 27.0. The van der Waals surface area contributed by atoms with Crippen molar-refractivity contribution >= 4 is 11.6 Å². The van der Waals surface area contributed by atoms with Gasteiger partial charge in [0.05, 0.1) is 31.5 Å². The molecule has 3 rings (SSSR count). The van der Waals surface area contributed by atoms with E-state index < -0.39 is 11.6 Å². The molecule has 1 unspecified atom stereocenters. The molecule has 0 aliphatic carbocycles. The van der Waals surface area contributed by atoms with Gasteiger partial charge >= 0.3 is 0 Å². The maximum absolute atomic E-state index is 15.5. The quantitative estimate of drug-likeness (QED) is 0.267. The van der Waals surface area contributed by atoms with Crippen LogP contribution in [0.3, 0.4) is 0 Å². The van der Waals surface area contributed by atoms with E-state index in [4.69, 9.17) is 44.8 Å². The SMILES string of the molecule is CCc1c(OCOC)cc(OCOC)c(-c2cc(CO)cc(Cl)c2F)c1CCOCC1COC(C)(C)O1. The lowest BCUT2D eigenvalue weighted by Gasteiger charge is -2.23. The number of benzene rings is 2. The van der Waals surface area contributed by atoms with Crippen LogP contribution in [0.2, 0.25) is 5.02 Å². The minimum atomic E-state index is -0.633. The third-order valence-corrected chi connectivity index (χ3v) is 6.17. The number of aliphatic hydroxyl groups is 1. The van der Waals surface area contributed by atoms with E-state index in [1.54, 1.807) is 12.1 Å². The Labute approximate surface area is 222 Å². The van der Waals surface area contributed by atoms with Gasteiger partial charge in [0.25, 0.3) is 0 Å². The molecule has 8 nitrogen and oxygen atoms in total. The minimum absolute atomic E-state index is 0.0288. The average molecular weight is 543 g/mol. The van der Waals surface area contributed by atoms with E-state index in [0.29, 0.717) is 55.3 Å². The normalized spacial score (nSPS) is 16.8. The van der Waals surface area contributed by atoms with Crippen molar-refractivity contribution in [2.24, 2.45) is 0 Å². The van der Waals surface area contributed by atoms with Crippen molar-refractivity contribution in [1.29, 1.82) is 0 Å². The van der Waals surface area contributed by atoms with Crippen molar-refractivity contribution in [3.63, 3.8) is 0 Å². The predicted molar refractivity (Wildman–Crippen MR) is 137 cm³/mol. The largest absolute Gasteiger partial charge is 0.467 e. The standard InChI is InChI=1S/C27H36ClFO8/c1-6-19-20(7-8-33-13-18-14-36-27(2,3)37-18)25(21-9-17(12-30)10-22(28)26(21)29)24(35-16-32-5)11-23(19)34-15-31-4/h9-11,18,30H,6-8,12-16H2,1-5H3. The van der Waals surface area contributed by atoms with Crippen molar-refractivity contribution in [1.82, 2.24) is 0 Å². The van der Waals surface area contributed by atoms with Crippen LogP contribution in [0, 0.1) is 5.82 Å². The number of halogens is 2. The fourth-order valence-corrected chi connectivity index (χ4v) is 4.57. The van der Waals surface area contributed by atoms with Crippen LogP contribution in [0.4, 0.5) is 4.39 Å². The smallest absolute Gasteiger partial charge is 0.188 e. The summed E-state index contributed by atoms with van der Waals surface area (Å²) in [6, 6.07) is 4.67. The lowest BCUT2D eigenvalue weighted by atomic mass is 9.89. The Morgan fingerprint density at radius 3 is 2.38 bits per heavy atom. The fraction of sp³-hybridized carbons (Fsp3) is 0.556. The highest BCUT2D eigenvalue weighted by Crippen LogP contribution is 2.44. The van der Waals surface area contributed by atoms with Gasteiger partial charge in [-0.1, -0.05) is 18.5 Å². The van der Waals surface area contributed by atoms with E-state index in [1.165, 1.54) is 20.3 Å². The molecular weight excluding hydrogens is 507 g/mol. The van der Waals surface area contributed by atoms with Crippen molar-refractivity contribution in [2.45, 2.75) is 52.1 Å². The zero-order valence-corrected chi connectivity index (χ0v) is 22.8. The van der Waals surface area contributed by atoms with Crippen molar-refractivity contribution in [3.05, 3.63) is 45.7 Å². The van der Waals surface area contributed by atoms with E-state index in [0.717, 1.165) is 11.1 Å². The van der Waals surface area contributed by atoms with Crippen molar-refractivity contribution in [2.75, 3.05) is 47.6 Å². The Kier molecular flexibility index (Phi) is 11.0. The molecule has 2 aromatic carbocycles. The second-order valence-corrected chi connectivity index (χ2v) is 9.44. The summed E-state index contributed by atoms with van der Waals surface area (Å²) < 4.78 is 54.8. The highest BCUT2D eigenvalue weighted by Gasteiger charge is 2.32. The van der Waals surface area contributed by atoms with Gasteiger partial charge in [-0.15, -0.1) is 0 Å².